The van der Waals surface area contributed by atoms with Crippen LogP contribution in [0.4, 0.5) is 0 Å². The number of carbonyl (C=O) groups is 2. The molecule has 26 heavy (non-hydrogen) atoms. The average Bonchev–Trinajstić information content (AvgIpc) is 2.66. The smallest absolute Gasteiger partial charge is 0.326 e. The van der Waals surface area contributed by atoms with Gasteiger partial charge in [-0.2, -0.15) is 0 Å². The number of hydrogen-bond acceptors (Lipinski definition) is 4. The standard InChI is InChI=1S/C20H23NO5/c1-14(26-13-16-9-6-10-17(11-16)25-2)19(22)21-18(20(23)24)12-15-7-4-3-5-8-15/h3-11,14,18H,12-13H2,1-2H3,(H,21,22)(H,23,24)/t14?,18-/m0/s1. The minimum atomic E-state index is -1.08. The van der Waals surface area contributed by atoms with Crippen molar-refractivity contribution >= 4 is 11.9 Å². The summed E-state index contributed by atoms with van der Waals surface area (Å²) in [5.41, 5.74) is 1.70. The summed E-state index contributed by atoms with van der Waals surface area (Å²) in [5.74, 6) is -0.838. The number of hydrogen-bond donors (Lipinski definition) is 2. The van der Waals surface area contributed by atoms with Gasteiger partial charge in [-0.15, -0.1) is 0 Å². The van der Waals surface area contributed by atoms with Gasteiger partial charge in [0.1, 0.15) is 17.9 Å². The first-order valence-corrected chi connectivity index (χ1v) is 8.31. The molecule has 0 saturated carbocycles. The fourth-order valence-corrected chi connectivity index (χ4v) is 2.40. The highest BCUT2D eigenvalue weighted by Gasteiger charge is 2.23. The number of methoxy groups -OCH3 is 1. The third kappa shape index (κ3) is 5.89. The van der Waals surface area contributed by atoms with Gasteiger partial charge in [-0.05, 0) is 30.2 Å². The average molecular weight is 357 g/mol. The zero-order valence-electron chi connectivity index (χ0n) is 14.8. The summed E-state index contributed by atoms with van der Waals surface area (Å²) >= 11 is 0. The molecule has 2 rings (SSSR count). The van der Waals surface area contributed by atoms with Crippen molar-refractivity contribution in [2.45, 2.75) is 32.1 Å². The first-order chi connectivity index (χ1) is 12.5. The highest BCUT2D eigenvalue weighted by molar-refractivity contribution is 5.86. The number of carboxylic acid groups (broad SMARTS) is 1. The Balaban J connectivity index is 1.90. The lowest BCUT2D eigenvalue weighted by molar-refractivity contribution is -0.144. The molecule has 0 aliphatic heterocycles. The highest BCUT2D eigenvalue weighted by Crippen LogP contribution is 2.14. The van der Waals surface area contributed by atoms with E-state index in [4.69, 9.17) is 9.47 Å². The summed E-state index contributed by atoms with van der Waals surface area (Å²) in [6.45, 7) is 1.82. The Morgan fingerprint density at radius 1 is 1.08 bits per heavy atom. The maximum atomic E-state index is 12.3. The minimum absolute atomic E-state index is 0.213. The maximum absolute atomic E-state index is 12.3. The predicted molar refractivity (Wildman–Crippen MR) is 97.0 cm³/mol. The molecule has 1 unspecified atom stereocenters. The van der Waals surface area contributed by atoms with Crippen molar-refractivity contribution in [3.63, 3.8) is 0 Å². The zero-order valence-corrected chi connectivity index (χ0v) is 14.8. The summed E-state index contributed by atoms with van der Waals surface area (Å²) in [6.07, 6.45) is -0.566. The molecule has 0 radical (unpaired) electrons. The Morgan fingerprint density at radius 2 is 1.77 bits per heavy atom. The number of rotatable bonds is 9. The molecule has 2 N–H and O–H groups in total. The fourth-order valence-electron chi connectivity index (χ4n) is 2.40. The topological polar surface area (TPSA) is 84.9 Å². The second-order valence-corrected chi connectivity index (χ2v) is 5.89. The van der Waals surface area contributed by atoms with E-state index in [1.165, 1.54) is 0 Å². The molecule has 0 aromatic heterocycles. The van der Waals surface area contributed by atoms with Gasteiger partial charge in [-0.1, -0.05) is 42.5 Å². The molecular formula is C20H23NO5. The lowest BCUT2D eigenvalue weighted by atomic mass is 10.1. The van der Waals surface area contributed by atoms with E-state index in [9.17, 15) is 14.7 Å². The molecule has 0 spiro atoms. The van der Waals surface area contributed by atoms with Crippen LogP contribution in [0, 0.1) is 0 Å². The van der Waals surface area contributed by atoms with Gasteiger partial charge in [0.15, 0.2) is 0 Å². The van der Waals surface area contributed by atoms with Crippen LogP contribution in [0.5, 0.6) is 5.75 Å². The van der Waals surface area contributed by atoms with Crippen molar-refractivity contribution in [1.82, 2.24) is 5.32 Å². The van der Waals surface area contributed by atoms with Gasteiger partial charge in [-0.3, -0.25) is 4.79 Å². The second kappa shape index (κ2) is 9.58. The van der Waals surface area contributed by atoms with Crippen molar-refractivity contribution in [2.75, 3.05) is 7.11 Å². The Bertz CT molecular complexity index is 732. The molecule has 2 atom stereocenters. The Labute approximate surface area is 152 Å². The molecule has 1 amide bonds. The molecule has 138 valence electrons. The molecule has 2 aromatic rings. The normalized spacial score (nSPS) is 12.8. The van der Waals surface area contributed by atoms with E-state index in [-0.39, 0.29) is 13.0 Å². The molecular weight excluding hydrogens is 334 g/mol. The monoisotopic (exact) mass is 357 g/mol. The number of aliphatic carboxylic acids is 1. The Morgan fingerprint density at radius 3 is 2.42 bits per heavy atom. The lowest BCUT2D eigenvalue weighted by Crippen LogP contribution is -2.46. The van der Waals surface area contributed by atoms with Crippen LogP contribution < -0.4 is 10.1 Å². The van der Waals surface area contributed by atoms with Crippen molar-refractivity contribution in [3.8, 4) is 5.75 Å². The van der Waals surface area contributed by atoms with Gasteiger partial charge in [0, 0.05) is 6.42 Å². The molecule has 2 aromatic carbocycles. The van der Waals surface area contributed by atoms with Gasteiger partial charge < -0.3 is 19.9 Å². The Kier molecular flexibility index (Phi) is 7.17. The quantitative estimate of drug-likeness (QED) is 0.720. The molecule has 6 heteroatoms. The zero-order chi connectivity index (χ0) is 18.9. The molecule has 0 aliphatic carbocycles. The van der Waals surface area contributed by atoms with Crippen LogP contribution in [-0.4, -0.2) is 36.2 Å². The van der Waals surface area contributed by atoms with Crippen LogP contribution >= 0.6 is 0 Å². The fraction of sp³-hybridized carbons (Fsp3) is 0.300. The van der Waals surface area contributed by atoms with Gasteiger partial charge in [-0.25, -0.2) is 4.79 Å². The molecule has 0 bridgehead atoms. The van der Waals surface area contributed by atoms with Gasteiger partial charge in [0.25, 0.3) is 0 Å². The summed E-state index contributed by atoms with van der Waals surface area (Å²) in [4.78, 5) is 23.7. The van der Waals surface area contributed by atoms with Crippen LogP contribution in [0.25, 0.3) is 0 Å². The van der Waals surface area contributed by atoms with E-state index in [1.807, 2.05) is 54.6 Å². The molecule has 0 saturated heterocycles. The van der Waals surface area contributed by atoms with E-state index in [2.05, 4.69) is 5.32 Å². The molecule has 0 aliphatic rings. The first-order valence-electron chi connectivity index (χ1n) is 8.31. The number of amides is 1. The lowest BCUT2D eigenvalue weighted by Gasteiger charge is -2.18. The predicted octanol–water partition coefficient (Wildman–Crippen LogP) is 2.41. The molecule has 0 fully saturated rings. The van der Waals surface area contributed by atoms with Gasteiger partial charge >= 0.3 is 5.97 Å². The van der Waals surface area contributed by atoms with Crippen LogP contribution in [-0.2, 0) is 27.4 Å². The third-order valence-corrected chi connectivity index (χ3v) is 3.90. The highest BCUT2D eigenvalue weighted by atomic mass is 16.5. The summed E-state index contributed by atoms with van der Waals surface area (Å²) in [5, 5.41) is 11.9. The van der Waals surface area contributed by atoms with Crippen molar-refractivity contribution in [1.29, 1.82) is 0 Å². The largest absolute Gasteiger partial charge is 0.497 e. The van der Waals surface area contributed by atoms with Gasteiger partial charge in [0.05, 0.1) is 13.7 Å². The number of benzene rings is 2. The van der Waals surface area contributed by atoms with E-state index >= 15 is 0 Å². The number of nitrogens with one attached hydrogen (secondary N) is 1. The van der Waals surface area contributed by atoms with Crippen LogP contribution in [0.1, 0.15) is 18.1 Å². The van der Waals surface area contributed by atoms with Crippen molar-refractivity contribution in [2.24, 2.45) is 0 Å². The number of carbonyl (C=O) groups excluding carboxylic acids is 1. The van der Waals surface area contributed by atoms with Crippen molar-refractivity contribution in [3.05, 3.63) is 65.7 Å². The van der Waals surface area contributed by atoms with E-state index in [0.29, 0.717) is 5.75 Å². The van der Waals surface area contributed by atoms with Crippen LogP contribution in [0.15, 0.2) is 54.6 Å². The van der Waals surface area contributed by atoms with E-state index in [1.54, 1.807) is 14.0 Å². The first kappa shape index (κ1) is 19.5. The maximum Gasteiger partial charge on any atom is 0.326 e. The van der Waals surface area contributed by atoms with E-state index < -0.39 is 24.0 Å². The summed E-state index contributed by atoms with van der Waals surface area (Å²) in [7, 11) is 1.58. The molecule has 0 heterocycles. The van der Waals surface area contributed by atoms with E-state index in [0.717, 1.165) is 11.1 Å². The van der Waals surface area contributed by atoms with Crippen molar-refractivity contribution < 1.29 is 24.2 Å². The SMILES string of the molecule is COc1cccc(COC(C)C(=O)N[C@@H](Cc2ccccc2)C(=O)O)c1. The Hall–Kier alpha value is -2.86. The summed E-state index contributed by atoms with van der Waals surface area (Å²) in [6, 6.07) is 15.5. The number of carboxylic acids is 1. The summed E-state index contributed by atoms with van der Waals surface area (Å²) < 4.78 is 10.7. The second-order valence-electron chi connectivity index (χ2n) is 5.89. The van der Waals surface area contributed by atoms with Gasteiger partial charge in [0.2, 0.25) is 5.91 Å². The van der Waals surface area contributed by atoms with Crippen LogP contribution in [0.3, 0.4) is 0 Å². The minimum Gasteiger partial charge on any atom is -0.497 e. The van der Waals surface area contributed by atoms with Crippen LogP contribution in [0.2, 0.25) is 0 Å². The molecule has 6 nitrogen and oxygen atoms in total. The number of ether oxygens (including phenoxy) is 2. The third-order valence-electron chi connectivity index (χ3n) is 3.90.